The Hall–Kier alpha value is -1.70. The molecule has 0 amide bonds. The Labute approximate surface area is 154 Å². The zero-order valence-electron chi connectivity index (χ0n) is 15.1. The van der Waals surface area contributed by atoms with E-state index in [0.29, 0.717) is 11.3 Å². The summed E-state index contributed by atoms with van der Waals surface area (Å²) in [6.45, 7) is 4.83. The van der Waals surface area contributed by atoms with Crippen molar-refractivity contribution in [3.8, 4) is 0 Å². The Morgan fingerprint density at radius 2 is 2.04 bits per heavy atom. The number of sulfonamides is 1. The van der Waals surface area contributed by atoms with E-state index in [-0.39, 0.29) is 6.04 Å². The maximum absolute atomic E-state index is 12.8. The predicted octanol–water partition coefficient (Wildman–Crippen LogP) is 2.41. The van der Waals surface area contributed by atoms with Gasteiger partial charge in [-0.05, 0) is 57.3 Å². The Bertz CT molecular complexity index is 885. The Kier molecular flexibility index (Phi) is 4.86. The molecule has 1 aliphatic carbocycles. The molecule has 1 atom stereocenters. The van der Waals surface area contributed by atoms with Crippen LogP contribution in [0.15, 0.2) is 33.7 Å². The van der Waals surface area contributed by atoms with Crippen molar-refractivity contribution in [2.45, 2.75) is 56.5 Å². The minimum atomic E-state index is -3.52. The van der Waals surface area contributed by atoms with Gasteiger partial charge in [0.1, 0.15) is 11.5 Å². The summed E-state index contributed by atoms with van der Waals surface area (Å²) >= 11 is 0. The quantitative estimate of drug-likeness (QED) is 0.869. The lowest BCUT2D eigenvalue weighted by atomic mass is 9.92. The zero-order chi connectivity index (χ0) is 18.1. The van der Waals surface area contributed by atoms with Crippen LogP contribution in [0.1, 0.15) is 41.8 Å². The fraction of sp³-hybridized carbons (Fsp3) is 0.526. The highest BCUT2D eigenvalue weighted by atomic mass is 32.2. The number of aryl methyl sites for hydroxylation is 2. The van der Waals surface area contributed by atoms with Gasteiger partial charge >= 0.3 is 0 Å². The van der Waals surface area contributed by atoms with Gasteiger partial charge < -0.3 is 4.52 Å². The summed E-state index contributed by atoms with van der Waals surface area (Å²) in [5, 5.41) is 4.27. The lowest BCUT2D eigenvalue weighted by Crippen LogP contribution is -2.39. The third kappa shape index (κ3) is 3.56. The topological polar surface area (TPSA) is 75.4 Å². The molecule has 6 nitrogen and oxygen atoms in total. The van der Waals surface area contributed by atoms with Crippen LogP contribution in [-0.2, 0) is 29.4 Å². The molecule has 1 aromatic heterocycles. The van der Waals surface area contributed by atoms with Gasteiger partial charge in [0, 0.05) is 24.6 Å². The van der Waals surface area contributed by atoms with Crippen molar-refractivity contribution >= 4 is 10.0 Å². The van der Waals surface area contributed by atoms with Gasteiger partial charge in [-0.1, -0.05) is 23.4 Å². The summed E-state index contributed by atoms with van der Waals surface area (Å²) in [5.74, 6) is 0.922. The monoisotopic (exact) mass is 375 g/mol. The lowest BCUT2D eigenvalue weighted by molar-refractivity contribution is 0.310. The van der Waals surface area contributed by atoms with Crippen molar-refractivity contribution in [1.82, 2.24) is 14.8 Å². The van der Waals surface area contributed by atoms with Crippen LogP contribution >= 0.6 is 0 Å². The van der Waals surface area contributed by atoms with Crippen LogP contribution < -0.4 is 4.72 Å². The molecule has 0 spiro atoms. The number of hydrogen-bond acceptors (Lipinski definition) is 5. The number of benzene rings is 1. The van der Waals surface area contributed by atoms with E-state index in [0.717, 1.165) is 55.1 Å². The van der Waals surface area contributed by atoms with E-state index in [1.165, 1.54) is 12.8 Å². The zero-order valence-corrected chi connectivity index (χ0v) is 15.9. The second-order valence-corrected chi connectivity index (χ2v) is 9.02. The maximum Gasteiger partial charge on any atom is 0.241 e. The molecule has 0 radical (unpaired) electrons. The number of aromatic nitrogens is 1. The van der Waals surface area contributed by atoms with E-state index in [9.17, 15) is 8.42 Å². The SMILES string of the molecule is Cc1ccccc1S(=O)(=O)NC1CCc2onc(CN3CCCC3)c2C1. The third-order valence-electron chi connectivity index (χ3n) is 5.40. The first kappa shape index (κ1) is 17.7. The van der Waals surface area contributed by atoms with Gasteiger partial charge in [0.25, 0.3) is 0 Å². The molecule has 1 aromatic carbocycles. The van der Waals surface area contributed by atoms with E-state index >= 15 is 0 Å². The molecule has 140 valence electrons. The Balaban J connectivity index is 1.49. The molecule has 26 heavy (non-hydrogen) atoms. The summed E-state index contributed by atoms with van der Waals surface area (Å²) in [4.78, 5) is 2.74. The average molecular weight is 375 g/mol. The van der Waals surface area contributed by atoms with Gasteiger partial charge in [-0.25, -0.2) is 13.1 Å². The van der Waals surface area contributed by atoms with Crippen LogP contribution in [0, 0.1) is 6.92 Å². The minimum absolute atomic E-state index is 0.121. The molecule has 2 heterocycles. The molecular weight excluding hydrogens is 350 g/mol. The first-order valence-electron chi connectivity index (χ1n) is 9.29. The second kappa shape index (κ2) is 7.13. The van der Waals surface area contributed by atoms with Gasteiger partial charge in [0.15, 0.2) is 0 Å². The summed E-state index contributed by atoms with van der Waals surface area (Å²) < 4.78 is 34.0. The predicted molar refractivity (Wildman–Crippen MR) is 98.3 cm³/mol. The van der Waals surface area contributed by atoms with Crippen LogP contribution in [0.4, 0.5) is 0 Å². The summed E-state index contributed by atoms with van der Waals surface area (Å²) in [5.41, 5.74) is 2.83. The number of fused-ring (bicyclic) bond motifs is 1. The number of rotatable bonds is 5. The molecular formula is C19H25N3O3S. The summed E-state index contributed by atoms with van der Waals surface area (Å²) in [6, 6.07) is 6.97. The molecule has 2 aliphatic rings. The van der Waals surface area contributed by atoms with E-state index < -0.39 is 10.0 Å². The molecule has 1 unspecified atom stereocenters. The van der Waals surface area contributed by atoms with Gasteiger partial charge in [0.05, 0.1) is 4.90 Å². The van der Waals surface area contributed by atoms with Crippen molar-refractivity contribution in [3.05, 3.63) is 46.8 Å². The molecule has 4 rings (SSSR count). The van der Waals surface area contributed by atoms with Crippen LogP contribution in [0.3, 0.4) is 0 Å². The highest BCUT2D eigenvalue weighted by molar-refractivity contribution is 7.89. The Morgan fingerprint density at radius 3 is 2.81 bits per heavy atom. The van der Waals surface area contributed by atoms with Crippen LogP contribution in [0.25, 0.3) is 0 Å². The van der Waals surface area contributed by atoms with E-state index in [2.05, 4.69) is 14.8 Å². The number of hydrogen-bond donors (Lipinski definition) is 1. The largest absolute Gasteiger partial charge is 0.361 e. The van der Waals surface area contributed by atoms with Crippen molar-refractivity contribution in [2.75, 3.05) is 13.1 Å². The lowest BCUT2D eigenvalue weighted by Gasteiger charge is -2.23. The van der Waals surface area contributed by atoms with E-state index in [1.807, 2.05) is 19.1 Å². The van der Waals surface area contributed by atoms with Crippen molar-refractivity contribution in [2.24, 2.45) is 0 Å². The highest BCUT2D eigenvalue weighted by Gasteiger charge is 2.30. The van der Waals surface area contributed by atoms with E-state index in [4.69, 9.17) is 4.52 Å². The third-order valence-corrected chi connectivity index (χ3v) is 7.08. The molecule has 0 bridgehead atoms. The smallest absolute Gasteiger partial charge is 0.241 e. The fourth-order valence-electron chi connectivity index (χ4n) is 3.98. The summed E-state index contributed by atoms with van der Waals surface area (Å²) in [7, 11) is -3.52. The summed E-state index contributed by atoms with van der Waals surface area (Å²) in [6.07, 6.45) is 4.57. The van der Waals surface area contributed by atoms with Gasteiger partial charge in [-0.15, -0.1) is 0 Å². The van der Waals surface area contributed by atoms with Gasteiger partial charge in [-0.3, -0.25) is 4.90 Å². The van der Waals surface area contributed by atoms with Gasteiger partial charge in [-0.2, -0.15) is 0 Å². The average Bonchev–Trinajstić information content (AvgIpc) is 3.25. The molecule has 2 aromatic rings. The first-order chi connectivity index (χ1) is 12.5. The number of nitrogens with one attached hydrogen (secondary N) is 1. The number of nitrogens with zero attached hydrogens (tertiary/aromatic N) is 2. The molecule has 1 aliphatic heterocycles. The maximum atomic E-state index is 12.8. The molecule has 7 heteroatoms. The standard InChI is InChI=1S/C19H25N3O3S/c1-14-6-2-3-7-19(14)26(23,24)21-15-8-9-18-16(12-15)17(20-25-18)13-22-10-4-5-11-22/h2-3,6-7,15,21H,4-5,8-13H2,1H3. The Morgan fingerprint density at radius 1 is 1.27 bits per heavy atom. The van der Waals surface area contributed by atoms with Crippen LogP contribution in [0.2, 0.25) is 0 Å². The minimum Gasteiger partial charge on any atom is -0.361 e. The van der Waals surface area contributed by atoms with Gasteiger partial charge in [0.2, 0.25) is 10.0 Å². The normalized spacial score (nSPS) is 21.0. The van der Waals surface area contributed by atoms with E-state index in [1.54, 1.807) is 12.1 Å². The fourth-order valence-corrected chi connectivity index (χ4v) is 5.50. The molecule has 0 saturated carbocycles. The molecule has 1 N–H and O–H groups in total. The number of likely N-dealkylation sites (tertiary alicyclic amines) is 1. The van der Waals surface area contributed by atoms with Crippen molar-refractivity contribution in [3.63, 3.8) is 0 Å². The molecule has 1 fully saturated rings. The van der Waals surface area contributed by atoms with Crippen LogP contribution in [0.5, 0.6) is 0 Å². The van der Waals surface area contributed by atoms with Crippen molar-refractivity contribution in [1.29, 1.82) is 0 Å². The van der Waals surface area contributed by atoms with Crippen LogP contribution in [-0.4, -0.2) is 37.6 Å². The first-order valence-corrected chi connectivity index (χ1v) is 10.8. The molecule has 1 saturated heterocycles. The second-order valence-electron chi connectivity index (χ2n) is 7.34. The highest BCUT2D eigenvalue weighted by Crippen LogP contribution is 2.27. The van der Waals surface area contributed by atoms with Crippen molar-refractivity contribution < 1.29 is 12.9 Å².